The Balaban J connectivity index is 1.42. The molecule has 2 aromatic heterocycles. The Kier molecular flexibility index (Phi) is 5.40. The molecule has 1 amide bonds. The quantitative estimate of drug-likeness (QED) is 0.876. The summed E-state index contributed by atoms with van der Waals surface area (Å²) < 4.78 is 5.25. The standard InChI is InChI=1S/C16H22N4O2S/c17-11-12-6-8-20(9-7-12)15(21)5-1-4-14-18-16(19-22-14)13-3-2-10-23-13/h2-3,10,12H,1,4-9,11,17H2. The highest BCUT2D eigenvalue weighted by Crippen LogP contribution is 2.22. The van der Waals surface area contributed by atoms with E-state index < -0.39 is 0 Å². The van der Waals surface area contributed by atoms with Crippen molar-refractivity contribution in [2.75, 3.05) is 19.6 Å². The van der Waals surface area contributed by atoms with E-state index in [4.69, 9.17) is 10.3 Å². The lowest BCUT2D eigenvalue weighted by Crippen LogP contribution is -2.39. The summed E-state index contributed by atoms with van der Waals surface area (Å²) in [5.41, 5.74) is 5.68. The van der Waals surface area contributed by atoms with Gasteiger partial charge in [0.05, 0.1) is 4.88 Å². The lowest BCUT2D eigenvalue weighted by atomic mass is 9.97. The fraction of sp³-hybridized carbons (Fsp3) is 0.562. The molecule has 1 saturated heterocycles. The van der Waals surface area contributed by atoms with Crippen molar-refractivity contribution in [3.05, 3.63) is 23.4 Å². The molecule has 7 heteroatoms. The molecule has 0 radical (unpaired) electrons. The van der Waals surface area contributed by atoms with Gasteiger partial charge in [0, 0.05) is 25.9 Å². The number of rotatable bonds is 6. The third-order valence-corrected chi connectivity index (χ3v) is 5.16. The van der Waals surface area contributed by atoms with Crippen LogP contribution in [0.3, 0.4) is 0 Å². The summed E-state index contributed by atoms with van der Waals surface area (Å²) in [5, 5.41) is 5.97. The molecule has 0 unspecified atom stereocenters. The van der Waals surface area contributed by atoms with Crippen molar-refractivity contribution in [3.8, 4) is 10.7 Å². The number of aromatic nitrogens is 2. The minimum atomic E-state index is 0.221. The first-order valence-corrected chi connectivity index (χ1v) is 8.98. The molecule has 0 bridgehead atoms. The molecular formula is C16H22N4O2S. The van der Waals surface area contributed by atoms with Crippen LogP contribution in [0.2, 0.25) is 0 Å². The smallest absolute Gasteiger partial charge is 0.226 e. The van der Waals surface area contributed by atoms with Crippen LogP contribution in [-0.4, -0.2) is 40.6 Å². The van der Waals surface area contributed by atoms with Gasteiger partial charge in [0.1, 0.15) is 0 Å². The molecule has 124 valence electrons. The molecule has 2 N–H and O–H groups in total. The fourth-order valence-corrected chi connectivity index (χ4v) is 3.48. The number of likely N-dealkylation sites (tertiary alicyclic amines) is 1. The highest BCUT2D eigenvalue weighted by Gasteiger charge is 2.21. The van der Waals surface area contributed by atoms with Gasteiger partial charge in [0.15, 0.2) is 0 Å². The molecule has 1 aliphatic rings. The largest absolute Gasteiger partial charge is 0.343 e. The molecule has 0 atom stereocenters. The van der Waals surface area contributed by atoms with Gasteiger partial charge in [0.25, 0.3) is 0 Å². The van der Waals surface area contributed by atoms with Crippen molar-refractivity contribution in [3.63, 3.8) is 0 Å². The molecular weight excluding hydrogens is 312 g/mol. The van der Waals surface area contributed by atoms with Crippen LogP contribution in [0.15, 0.2) is 22.0 Å². The van der Waals surface area contributed by atoms with Crippen LogP contribution in [0.25, 0.3) is 10.7 Å². The SMILES string of the molecule is NCC1CCN(C(=O)CCCc2nc(-c3cccs3)no2)CC1. The lowest BCUT2D eigenvalue weighted by molar-refractivity contribution is -0.132. The van der Waals surface area contributed by atoms with Crippen LogP contribution in [-0.2, 0) is 11.2 Å². The van der Waals surface area contributed by atoms with E-state index >= 15 is 0 Å². The van der Waals surface area contributed by atoms with Crippen LogP contribution in [0.4, 0.5) is 0 Å². The van der Waals surface area contributed by atoms with Gasteiger partial charge < -0.3 is 15.2 Å². The molecule has 0 aliphatic carbocycles. The number of carbonyl (C=O) groups is 1. The zero-order valence-corrected chi connectivity index (χ0v) is 13.9. The Bertz CT molecular complexity index is 618. The van der Waals surface area contributed by atoms with Gasteiger partial charge >= 0.3 is 0 Å². The summed E-state index contributed by atoms with van der Waals surface area (Å²) in [6.07, 6.45) is 3.96. The van der Waals surface area contributed by atoms with E-state index in [2.05, 4.69) is 10.1 Å². The number of nitrogens with zero attached hydrogens (tertiary/aromatic N) is 3. The minimum absolute atomic E-state index is 0.221. The predicted molar refractivity (Wildman–Crippen MR) is 88.9 cm³/mol. The number of hydrogen-bond donors (Lipinski definition) is 1. The van der Waals surface area contributed by atoms with E-state index in [-0.39, 0.29) is 5.91 Å². The third kappa shape index (κ3) is 4.17. The van der Waals surface area contributed by atoms with E-state index in [0.29, 0.717) is 30.5 Å². The number of piperidine rings is 1. The first-order valence-electron chi connectivity index (χ1n) is 8.10. The normalized spacial score (nSPS) is 16.0. The monoisotopic (exact) mass is 334 g/mol. The number of aryl methyl sites for hydroxylation is 1. The van der Waals surface area contributed by atoms with Crippen LogP contribution < -0.4 is 5.73 Å². The summed E-state index contributed by atoms with van der Waals surface area (Å²) in [6, 6.07) is 3.93. The Morgan fingerprint density at radius 3 is 2.96 bits per heavy atom. The molecule has 0 saturated carbocycles. The Labute approximate surface area is 139 Å². The van der Waals surface area contributed by atoms with Gasteiger partial charge in [-0.1, -0.05) is 11.2 Å². The highest BCUT2D eigenvalue weighted by molar-refractivity contribution is 7.13. The molecule has 23 heavy (non-hydrogen) atoms. The lowest BCUT2D eigenvalue weighted by Gasteiger charge is -2.31. The molecule has 3 rings (SSSR count). The molecule has 6 nitrogen and oxygen atoms in total. The van der Waals surface area contributed by atoms with Crippen molar-refractivity contribution in [2.45, 2.75) is 32.1 Å². The fourth-order valence-electron chi connectivity index (χ4n) is 2.83. The van der Waals surface area contributed by atoms with E-state index in [9.17, 15) is 4.79 Å². The number of carbonyl (C=O) groups excluding carboxylic acids is 1. The van der Waals surface area contributed by atoms with Crippen molar-refractivity contribution < 1.29 is 9.32 Å². The maximum atomic E-state index is 12.2. The Morgan fingerprint density at radius 1 is 1.43 bits per heavy atom. The zero-order valence-electron chi connectivity index (χ0n) is 13.1. The van der Waals surface area contributed by atoms with Gasteiger partial charge in [-0.2, -0.15) is 4.98 Å². The van der Waals surface area contributed by atoms with E-state index in [0.717, 1.165) is 43.8 Å². The van der Waals surface area contributed by atoms with Crippen molar-refractivity contribution in [2.24, 2.45) is 11.7 Å². The number of thiophene rings is 1. The van der Waals surface area contributed by atoms with Crippen molar-refractivity contribution >= 4 is 17.2 Å². The van der Waals surface area contributed by atoms with E-state index in [1.807, 2.05) is 22.4 Å². The summed E-state index contributed by atoms with van der Waals surface area (Å²) in [6.45, 7) is 2.40. The van der Waals surface area contributed by atoms with Crippen molar-refractivity contribution in [1.82, 2.24) is 15.0 Å². The second-order valence-electron chi connectivity index (χ2n) is 5.90. The summed E-state index contributed by atoms with van der Waals surface area (Å²) in [7, 11) is 0. The molecule has 0 spiro atoms. The van der Waals surface area contributed by atoms with Gasteiger partial charge in [-0.3, -0.25) is 4.79 Å². The van der Waals surface area contributed by atoms with Gasteiger partial charge in [-0.25, -0.2) is 0 Å². The molecule has 3 heterocycles. The average molecular weight is 334 g/mol. The predicted octanol–water partition coefficient (Wildman–Crippen LogP) is 2.32. The van der Waals surface area contributed by atoms with Gasteiger partial charge in [-0.05, 0) is 43.2 Å². The first-order chi connectivity index (χ1) is 11.3. The molecule has 1 fully saturated rings. The average Bonchev–Trinajstić information content (AvgIpc) is 3.26. The molecule has 0 aromatic carbocycles. The maximum absolute atomic E-state index is 12.2. The van der Waals surface area contributed by atoms with Gasteiger partial charge in [-0.15, -0.1) is 11.3 Å². The summed E-state index contributed by atoms with van der Waals surface area (Å²) in [4.78, 5) is 19.5. The highest BCUT2D eigenvalue weighted by atomic mass is 32.1. The summed E-state index contributed by atoms with van der Waals surface area (Å²) >= 11 is 1.58. The van der Waals surface area contributed by atoms with Crippen LogP contribution in [0.5, 0.6) is 0 Å². The van der Waals surface area contributed by atoms with Crippen LogP contribution >= 0.6 is 11.3 Å². The van der Waals surface area contributed by atoms with E-state index in [1.165, 1.54) is 0 Å². The van der Waals surface area contributed by atoms with Crippen LogP contribution in [0.1, 0.15) is 31.6 Å². The first kappa shape index (κ1) is 16.1. The number of amides is 1. The third-order valence-electron chi connectivity index (χ3n) is 4.29. The molecule has 1 aliphatic heterocycles. The molecule has 2 aromatic rings. The number of nitrogens with two attached hydrogens (primary N) is 1. The van der Waals surface area contributed by atoms with Gasteiger partial charge in [0.2, 0.25) is 17.6 Å². The number of hydrogen-bond acceptors (Lipinski definition) is 6. The Hall–Kier alpha value is -1.73. The minimum Gasteiger partial charge on any atom is -0.343 e. The zero-order chi connectivity index (χ0) is 16.1. The topological polar surface area (TPSA) is 85.2 Å². The van der Waals surface area contributed by atoms with E-state index in [1.54, 1.807) is 11.3 Å². The van der Waals surface area contributed by atoms with Crippen LogP contribution in [0, 0.1) is 5.92 Å². The second kappa shape index (κ2) is 7.70. The van der Waals surface area contributed by atoms with Crippen molar-refractivity contribution in [1.29, 1.82) is 0 Å². The summed E-state index contributed by atoms with van der Waals surface area (Å²) in [5.74, 6) is 2.03. The second-order valence-corrected chi connectivity index (χ2v) is 6.85. The Morgan fingerprint density at radius 2 is 2.26 bits per heavy atom. The maximum Gasteiger partial charge on any atom is 0.226 e.